The molecule has 4 heteroatoms. The number of hydrogen-bond donors (Lipinski definition) is 1. The number of thioether (sulfide) groups is 1. The molecule has 2 atom stereocenters. The van der Waals surface area contributed by atoms with Gasteiger partial charge >= 0.3 is 0 Å². The van der Waals surface area contributed by atoms with Gasteiger partial charge in [0.2, 0.25) is 0 Å². The first kappa shape index (κ1) is 15.9. The Hall–Kier alpha value is -0.480. The molecule has 0 aromatic carbocycles. The van der Waals surface area contributed by atoms with Gasteiger partial charge in [0.15, 0.2) is 0 Å². The fourth-order valence-electron chi connectivity index (χ4n) is 3.15. The molecule has 1 saturated carbocycles. The Morgan fingerprint density at radius 2 is 2.15 bits per heavy atom. The molecule has 0 spiro atoms. The molecule has 0 aliphatic heterocycles. The molecule has 1 aromatic rings. The third-order valence-electron chi connectivity index (χ3n) is 4.36. The van der Waals surface area contributed by atoms with Gasteiger partial charge in [-0.05, 0) is 37.5 Å². The average molecular weight is 295 g/mol. The highest BCUT2D eigenvalue weighted by atomic mass is 32.2. The Kier molecular flexibility index (Phi) is 6.43. The molecule has 20 heavy (non-hydrogen) atoms. The molecule has 1 fully saturated rings. The van der Waals surface area contributed by atoms with Gasteiger partial charge in [-0.15, -0.1) is 0 Å². The van der Waals surface area contributed by atoms with Crippen molar-refractivity contribution in [1.29, 1.82) is 0 Å². The molecule has 0 bridgehead atoms. The summed E-state index contributed by atoms with van der Waals surface area (Å²) in [5.74, 6) is 1.23. The van der Waals surface area contributed by atoms with Crippen molar-refractivity contribution < 1.29 is 0 Å². The molecular formula is C16H29N3S. The summed E-state index contributed by atoms with van der Waals surface area (Å²) in [5.41, 5.74) is 1.18. The van der Waals surface area contributed by atoms with Gasteiger partial charge in [-0.2, -0.15) is 16.9 Å². The molecule has 0 amide bonds. The molecule has 0 saturated heterocycles. The van der Waals surface area contributed by atoms with Crippen molar-refractivity contribution >= 4 is 11.8 Å². The van der Waals surface area contributed by atoms with Crippen molar-refractivity contribution in [2.24, 2.45) is 0 Å². The monoisotopic (exact) mass is 295 g/mol. The van der Waals surface area contributed by atoms with Crippen LogP contribution in [-0.2, 0) is 6.54 Å². The van der Waals surface area contributed by atoms with Crippen LogP contribution in [0.3, 0.4) is 0 Å². The van der Waals surface area contributed by atoms with Gasteiger partial charge in [-0.25, -0.2) is 0 Å². The zero-order valence-corrected chi connectivity index (χ0v) is 14.0. The van der Waals surface area contributed by atoms with Crippen LogP contribution >= 0.6 is 11.8 Å². The number of aromatic nitrogens is 2. The lowest BCUT2D eigenvalue weighted by molar-refractivity contribution is 0.422. The van der Waals surface area contributed by atoms with E-state index >= 15 is 0 Å². The second-order valence-electron chi connectivity index (χ2n) is 5.67. The Balaban J connectivity index is 1.85. The molecule has 2 unspecified atom stereocenters. The lowest BCUT2D eigenvalue weighted by Gasteiger charge is -2.19. The highest BCUT2D eigenvalue weighted by molar-refractivity contribution is 7.99. The van der Waals surface area contributed by atoms with Crippen LogP contribution in [0.5, 0.6) is 0 Å². The predicted molar refractivity (Wildman–Crippen MR) is 88.2 cm³/mol. The standard InChI is InChI=1S/C16H29N3S/c1-4-14(5-2)19-11-10-13(18-19)12-17-15-8-7-9-16(15)20-6-3/h10-11,14-17H,4-9,12H2,1-3H3. The van der Waals surface area contributed by atoms with E-state index in [1.807, 2.05) is 0 Å². The maximum atomic E-state index is 4.73. The molecule has 1 heterocycles. The van der Waals surface area contributed by atoms with E-state index in [4.69, 9.17) is 5.10 Å². The second-order valence-corrected chi connectivity index (χ2v) is 7.19. The first-order valence-corrected chi connectivity index (χ1v) is 9.22. The van der Waals surface area contributed by atoms with Crippen LogP contribution in [0, 0.1) is 0 Å². The molecule has 1 N–H and O–H groups in total. The molecule has 2 rings (SSSR count). The molecular weight excluding hydrogens is 266 g/mol. The lowest BCUT2D eigenvalue weighted by Crippen LogP contribution is -2.33. The van der Waals surface area contributed by atoms with Gasteiger partial charge in [0.25, 0.3) is 0 Å². The Morgan fingerprint density at radius 3 is 2.85 bits per heavy atom. The van der Waals surface area contributed by atoms with Crippen LogP contribution in [0.4, 0.5) is 0 Å². The summed E-state index contributed by atoms with van der Waals surface area (Å²) < 4.78 is 2.14. The number of rotatable bonds is 8. The molecule has 3 nitrogen and oxygen atoms in total. The Labute approximate surface area is 127 Å². The minimum Gasteiger partial charge on any atom is -0.307 e. The van der Waals surface area contributed by atoms with Crippen molar-refractivity contribution in [2.75, 3.05) is 5.75 Å². The van der Waals surface area contributed by atoms with E-state index < -0.39 is 0 Å². The van der Waals surface area contributed by atoms with E-state index in [0.29, 0.717) is 12.1 Å². The highest BCUT2D eigenvalue weighted by Gasteiger charge is 2.26. The normalized spacial score (nSPS) is 22.8. The van der Waals surface area contributed by atoms with Crippen LogP contribution in [0.25, 0.3) is 0 Å². The molecule has 1 aliphatic rings. The number of nitrogens with one attached hydrogen (secondary N) is 1. The third-order valence-corrected chi connectivity index (χ3v) is 5.68. The van der Waals surface area contributed by atoms with E-state index in [1.54, 1.807) is 0 Å². The summed E-state index contributed by atoms with van der Waals surface area (Å²) in [6.07, 6.45) is 8.52. The maximum Gasteiger partial charge on any atom is 0.0762 e. The quantitative estimate of drug-likeness (QED) is 0.786. The lowest BCUT2D eigenvalue weighted by atomic mass is 10.2. The van der Waals surface area contributed by atoms with Crippen LogP contribution in [-0.4, -0.2) is 26.8 Å². The van der Waals surface area contributed by atoms with Gasteiger partial charge in [-0.1, -0.05) is 27.2 Å². The fourth-order valence-corrected chi connectivity index (χ4v) is 4.37. The highest BCUT2D eigenvalue weighted by Crippen LogP contribution is 2.30. The van der Waals surface area contributed by atoms with Crippen molar-refractivity contribution in [1.82, 2.24) is 15.1 Å². The van der Waals surface area contributed by atoms with Crippen molar-refractivity contribution in [3.05, 3.63) is 18.0 Å². The van der Waals surface area contributed by atoms with Crippen molar-refractivity contribution in [2.45, 2.75) is 76.8 Å². The zero-order chi connectivity index (χ0) is 14.4. The van der Waals surface area contributed by atoms with Crippen LogP contribution in [0.2, 0.25) is 0 Å². The van der Waals surface area contributed by atoms with Crippen LogP contribution in [0.15, 0.2) is 12.3 Å². The topological polar surface area (TPSA) is 29.9 Å². The molecule has 114 valence electrons. The second kappa shape index (κ2) is 8.08. The zero-order valence-electron chi connectivity index (χ0n) is 13.1. The fraction of sp³-hybridized carbons (Fsp3) is 0.812. The predicted octanol–water partition coefficient (Wildman–Crippen LogP) is 4.01. The van der Waals surface area contributed by atoms with Gasteiger partial charge < -0.3 is 5.32 Å². The van der Waals surface area contributed by atoms with Gasteiger partial charge in [0.05, 0.1) is 11.7 Å². The van der Waals surface area contributed by atoms with Crippen molar-refractivity contribution in [3.63, 3.8) is 0 Å². The van der Waals surface area contributed by atoms with Crippen LogP contribution in [0.1, 0.15) is 64.6 Å². The average Bonchev–Trinajstić information content (AvgIpc) is 3.08. The Bertz CT molecular complexity index is 387. The van der Waals surface area contributed by atoms with E-state index in [0.717, 1.165) is 24.6 Å². The smallest absolute Gasteiger partial charge is 0.0762 e. The van der Waals surface area contributed by atoms with E-state index in [-0.39, 0.29) is 0 Å². The summed E-state index contributed by atoms with van der Waals surface area (Å²) in [6, 6.07) is 3.40. The molecule has 1 aliphatic carbocycles. The summed E-state index contributed by atoms with van der Waals surface area (Å²) in [7, 11) is 0. The first-order chi connectivity index (χ1) is 9.78. The summed E-state index contributed by atoms with van der Waals surface area (Å²) in [6.45, 7) is 7.65. The third kappa shape index (κ3) is 4.01. The first-order valence-electron chi connectivity index (χ1n) is 8.17. The van der Waals surface area contributed by atoms with E-state index in [9.17, 15) is 0 Å². The van der Waals surface area contributed by atoms with Crippen LogP contribution < -0.4 is 5.32 Å². The van der Waals surface area contributed by atoms with Gasteiger partial charge in [0.1, 0.15) is 0 Å². The number of nitrogens with zero attached hydrogens (tertiary/aromatic N) is 2. The summed E-state index contributed by atoms with van der Waals surface area (Å²) in [5, 5.41) is 9.26. The minimum atomic E-state index is 0.554. The van der Waals surface area contributed by atoms with E-state index in [1.165, 1.54) is 30.7 Å². The summed E-state index contributed by atoms with van der Waals surface area (Å²) in [4.78, 5) is 0. The van der Waals surface area contributed by atoms with Gasteiger partial charge in [0, 0.05) is 24.0 Å². The van der Waals surface area contributed by atoms with Gasteiger partial charge in [-0.3, -0.25) is 4.68 Å². The maximum absolute atomic E-state index is 4.73. The minimum absolute atomic E-state index is 0.554. The van der Waals surface area contributed by atoms with E-state index in [2.05, 4.69) is 54.8 Å². The summed E-state index contributed by atoms with van der Waals surface area (Å²) >= 11 is 2.11. The van der Waals surface area contributed by atoms with Crippen molar-refractivity contribution in [3.8, 4) is 0 Å². The largest absolute Gasteiger partial charge is 0.307 e. The Morgan fingerprint density at radius 1 is 1.35 bits per heavy atom. The molecule has 0 radical (unpaired) electrons. The molecule has 1 aromatic heterocycles. The SMILES string of the molecule is CCSC1CCCC1NCc1ccn(C(CC)CC)n1. The number of hydrogen-bond acceptors (Lipinski definition) is 3.